The lowest BCUT2D eigenvalue weighted by atomic mass is 10.1. The zero-order valence-electron chi connectivity index (χ0n) is 12.7. The van der Waals surface area contributed by atoms with Crippen molar-refractivity contribution in [3.05, 3.63) is 59.4 Å². The van der Waals surface area contributed by atoms with E-state index in [1.807, 2.05) is 32.0 Å². The fourth-order valence-corrected chi connectivity index (χ4v) is 1.87. The van der Waals surface area contributed by atoms with Crippen molar-refractivity contribution in [3.63, 3.8) is 0 Å². The van der Waals surface area contributed by atoms with Crippen molar-refractivity contribution < 1.29 is 13.9 Å². The highest BCUT2D eigenvalue weighted by molar-refractivity contribution is 5.89. The number of aryl methyl sites for hydroxylation is 2. The molecule has 2 N–H and O–H groups in total. The summed E-state index contributed by atoms with van der Waals surface area (Å²) >= 11 is 0. The molecule has 22 heavy (non-hydrogen) atoms. The molecule has 0 radical (unpaired) electrons. The number of nitrogens with one attached hydrogen (secondary N) is 2. The molecule has 0 saturated heterocycles. The van der Waals surface area contributed by atoms with Crippen molar-refractivity contribution in [3.8, 4) is 5.75 Å². The predicted octanol–water partition coefficient (Wildman–Crippen LogP) is 3.64. The molecule has 0 bridgehead atoms. The summed E-state index contributed by atoms with van der Waals surface area (Å²) in [5.41, 5.74) is 2.51. The number of urea groups is 1. The fraction of sp³-hybridized carbons (Fsp3) is 0.235. The molecule has 0 aliphatic heterocycles. The quantitative estimate of drug-likeness (QED) is 0.828. The topological polar surface area (TPSA) is 50.4 Å². The number of halogens is 1. The van der Waals surface area contributed by atoms with Crippen molar-refractivity contribution in [2.24, 2.45) is 0 Å². The molecule has 2 aromatic carbocycles. The maximum Gasteiger partial charge on any atom is 0.319 e. The number of hydrogen-bond donors (Lipinski definition) is 2. The second-order valence-electron chi connectivity index (χ2n) is 4.96. The number of hydrogen-bond acceptors (Lipinski definition) is 2. The summed E-state index contributed by atoms with van der Waals surface area (Å²) in [6.45, 7) is 4.72. The number of carbonyl (C=O) groups is 1. The first-order valence-electron chi connectivity index (χ1n) is 7.05. The number of amides is 2. The number of carbonyl (C=O) groups excluding carboxylic acids is 1. The van der Waals surface area contributed by atoms with Crippen LogP contribution in [0.5, 0.6) is 5.75 Å². The highest BCUT2D eigenvalue weighted by Gasteiger charge is 2.05. The Balaban J connectivity index is 1.73. The molecule has 2 amide bonds. The zero-order chi connectivity index (χ0) is 15.9. The van der Waals surface area contributed by atoms with Gasteiger partial charge in [0.25, 0.3) is 0 Å². The second-order valence-corrected chi connectivity index (χ2v) is 4.96. The van der Waals surface area contributed by atoms with Crippen LogP contribution in [0.3, 0.4) is 0 Å². The molecule has 0 aromatic heterocycles. The smallest absolute Gasteiger partial charge is 0.319 e. The van der Waals surface area contributed by atoms with E-state index in [0.717, 1.165) is 11.3 Å². The largest absolute Gasteiger partial charge is 0.492 e. The van der Waals surface area contributed by atoms with Crippen molar-refractivity contribution in [2.45, 2.75) is 13.8 Å². The van der Waals surface area contributed by atoms with Crippen LogP contribution in [0, 0.1) is 19.7 Å². The molecule has 2 aromatic rings. The van der Waals surface area contributed by atoms with E-state index in [1.54, 1.807) is 12.1 Å². The average molecular weight is 302 g/mol. The van der Waals surface area contributed by atoms with Crippen LogP contribution in [-0.2, 0) is 0 Å². The number of rotatable bonds is 5. The summed E-state index contributed by atoms with van der Waals surface area (Å²) in [7, 11) is 0. The minimum absolute atomic E-state index is 0.148. The van der Waals surface area contributed by atoms with Gasteiger partial charge in [-0.3, -0.25) is 0 Å². The maximum absolute atomic E-state index is 13.4. The van der Waals surface area contributed by atoms with Crippen molar-refractivity contribution >= 4 is 11.7 Å². The number of para-hydroxylation sites is 1. The third-order valence-electron chi connectivity index (χ3n) is 3.26. The Kier molecular flexibility index (Phi) is 5.36. The van der Waals surface area contributed by atoms with Crippen LogP contribution in [0.2, 0.25) is 0 Å². The Morgan fingerprint density at radius 1 is 1.14 bits per heavy atom. The van der Waals surface area contributed by atoms with E-state index in [2.05, 4.69) is 10.6 Å². The molecule has 116 valence electrons. The van der Waals surface area contributed by atoms with E-state index in [4.69, 9.17) is 4.74 Å². The van der Waals surface area contributed by atoms with Gasteiger partial charge < -0.3 is 15.4 Å². The molecule has 0 atom stereocenters. The molecular weight excluding hydrogens is 283 g/mol. The number of ether oxygens (including phenoxy) is 1. The first kappa shape index (κ1) is 15.8. The molecule has 0 fully saturated rings. The van der Waals surface area contributed by atoms with E-state index in [1.165, 1.54) is 17.7 Å². The van der Waals surface area contributed by atoms with Gasteiger partial charge in [-0.1, -0.05) is 18.2 Å². The average Bonchev–Trinajstić information content (AvgIpc) is 2.49. The van der Waals surface area contributed by atoms with Crippen molar-refractivity contribution in [1.82, 2.24) is 5.32 Å². The van der Waals surface area contributed by atoms with Crippen LogP contribution in [0.15, 0.2) is 42.5 Å². The number of benzene rings is 2. The van der Waals surface area contributed by atoms with E-state index in [9.17, 15) is 9.18 Å². The fourth-order valence-electron chi connectivity index (χ4n) is 1.87. The van der Waals surface area contributed by atoms with Gasteiger partial charge in [0, 0.05) is 0 Å². The molecular formula is C17H19FN2O2. The van der Waals surface area contributed by atoms with Gasteiger partial charge in [-0.15, -0.1) is 0 Å². The summed E-state index contributed by atoms with van der Waals surface area (Å²) in [6, 6.07) is 11.4. The van der Waals surface area contributed by atoms with E-state index >= 15 is 0 Å². The van der Waals surface area contributed by atoms with Crippen molar-refractivity contribution in [1.29, 1.82) is 0 Å². The van der Waals surface area contributed by atoms with Gasteiger partial charge in [-0.25, -0.2) is 9.18 Å². The van der Waals surface area contributed by atoms with Crippen LogP contribution in [0.1, 0.15) is 11.1 Å². The summed E-state index contributed by atoms with van der Waals surface area (Å²) in [5, 5.41) is 5.06. The normalized spacial score (nSPS) is 10.1. The summed E-state index contributed by atoms with van der Waals surface area (Å²) in [4.78, 5) is 11.6. The highest BCUT2D eigenvalue weighted by Crippen LogP contribution is 2.16. The standard InChI is InChI=1S/C17H19FN2O2/c1-12-7-8-14(11-13(12)2)22-10-9-19-17(21)20-16-6-4-3-5-15(16)18/h3-8,11H,9-10H2,1-2H3,(H2,19,20,21). The maximum atomic E-state index is 13.4. The van der Waals surface area contributed by atoms with Gasteiger partial charge in [-0.05, 0) is 49.2 Å². The third-order valence-corrected chi connectivity index (χ3v) is 3.26. The highest BCUT2D eigenvalue weighted by atomic mass is 19.1. The van der Waals surface area contributed by atoms with Crippen LogP contribution >= 0.6 is 0 Å². The summed E-state index contributed by atoms with van der Waals surface area (Å²) in [5.74, 6) is 0.295. The molecule has 0 spiro atoms. The van der Waals surface area contributed by atoms with E-state index in [0.29, 0.717) is 13.2 Å². The Hall–Kier alpha value is -2.56. The van der Waals surface area contributed by atoms with Crippen LogP contribution in [-0.4, -0.2) is 19.2 Å². The first-order chi connectivity index (χ1) is 10.6. The lowest BCUT2D eigenvalue weighted by Crippen LogP contribution is -2.32. The van der Waals surface area contributed by atoms with Gasteiger partial charge in [0.1, 0.15) is 18.2 Å². The monoisotopic (exact) mass is 302 g/mol. The SMILES string of the molecule is Cc1ccc(OCCNC(=O)Nc2ccccc2F)cc1C. The number of anilines is 1. The molecule has 0 aliphatic carbocycles. The second kappa shape index (κ2) is 7.45. The summed E-state index contributed by atoms with van der Waals surface area (Å²) < 4.78 is 18.9. The zero-order valence-corrected chi connectivity index (χ0v) is 12.7. The minimum atomic E-state index is -0.468. The molecule has 0 saturated carbocycles. The third kappa shape index (κ3) is 4.48. The van der Waals surface area contributed by atoms with Gasteiger partial charge >= 0.3 is 6.03 Å². The van der Waals surface area contributed by atoms with Crippen LogP contribution in [0.4, 0.5) is 14.9 Å². The molecule has 2 rings (SSSR count). The van der Waals surface area contributed by atoms with Gasteiger partial charge in [-0.2, -0.15) is 0 Å². The molecule has 0 heterocycles. The molecule has 5 heteroatoms. The summed E-state index contributed by atoms with van der Waals surface area (Å²) in [6.07, 6.45) is 0. The Morgan fingerprint density at radius 3 is 2.64 bits per heavy atom. The van der Waals surface area contributed by atoms with E-state index < -0.39 is 11.8 Å². The molecule has 0 aliphatic rings. The minimum Gasteiger partial charge on any atom is -0.492 e. The lowest BCUT2D eigenvalue weighted by molar-refractivity contribution is 0.247. The van der Waals surface area contributed by atoms with Crippen LogP contribution in [0.25, 0.3) is 0 Å². The first-order valence-corrected chi connectivity index (χ1v) is 7.05. The van der Waals surface area contributed by atoms with Crippen LogP contribution < -0.4 is 15.4 Å². The Labute approximate surface area is 129 Å². The van der Waals surface area contributed by atoms with E-state index in [-0.39, 0.29) is 5.69 Å². The Morgan fingerprint density at radius 2 is 1.91 bits per heavy atom. The molecule has 0 unspecified atom stereocenters. The van der Waals surface area contributed by atoms with Gasteiger partial charge in [0.05, 0.1) is 12.2 Å². The van der Waals surface area contributed by atoms with Crippen molar-refractivity contribution in [2.75, 3.05) is 18.5 Å². The lowest BCUT2D eigenvalue weighted by Gasteiger charge is -2.10. The van der Waals surface area contributed by atoms with Gasteiger partial charge in [0.2, 0.25) is 0 Å². The van der Waals surface area contributed by atoms with Gasteiger partial charge in [0.15, 0.2) is 0 Å². The molecule has 4 nitrogen and oxygen atoms in total. The Bertz CT molecular complexity index is 659. The predicted molar refractivity (Wildman–Crippen MR) is 84.8 cm³/mol.